The zero-order valence-electron chi connectivity index (χ0n) is 19.2. The number of piperidine rings is 1. The molecule has 0 amide bonds. The monoisotopic (exact) mass is 452 g/mol. The molecule has 5 rings (SSSR count). The summed E-state index contributed by atoms with van der Waals surface area (Å²) in [6.07, 6.45) is 8.10. The smallest absolute Gasteiger partial charge is 0.246 e. The minimum absolute atomic E-state index is 0.154. The number of aliphatic hydroxyl groups is 1. The first-order valence-corrected chi connectivity index (χ1v) is 11.8. The third-order valence-corrected chi connectivity index (χ3v) is 6.62. The number of rotatable bonds is 7. The second kappa shape index (κ2) is 9.11. The molecule has 3 aromatic heterocycles. The zero-order chi connectivity index (χ0) is 22.9. The number of anilines is 3. The van der Waals surface area contributed by atoms with Crippen molar-refractivity contribution in [3.05, 3.63) is 30.9 Å². The van der Waals surface area contributed by atoms with Crippen molar-refractivity contribution in [1.82, 2.24) is 29.5 Å². The summed E-state index contributed by atoms with van der Waals surface area (Å²) in [6, 6.07) is 3.73. The largest absolute Gasteiger partial charge is 0.391 e. The van der Waals surface area contributed by atoms with Crippen LogP contribution in [0.25, 0.3) is 5.52 Å². The van der Waals surface area contributed by atoms with Crippen molar-refractivity contribution in [2.75, 3.05) is 29.9 Å². The van der Waals surface area contributed by atoms with Crippen LogP contribution < -0.4 is 15.5 Å². The van der Waals surface area contributed by atoms with E-state index in [4.69, 9.17) is 4.98 Å². The second-order valence-corrected chi connectivity index (χ2v) is 9.46. The SMILES string of the molecule is CC(C)n1cnc(Nc2nc(N3C[C@@H](O)CC3C(=O)CC3CCCNC3)nn3cccc23)c1. The molecule has 176 valence electrons. The quantitative estimate of drug-likeness (QED) is 0.500. The van der Waals surface area contributed by atoms with E-state index in [0.29, 0.717) is 48.9 Å². The molecule has 5 heterocycles. The van der Waals surface area contributed by atoms with E-state index in [1.807, 2.05) is 34.0 Å². The van der Waals surface area contributed by atoms with Gasteiger partial charge in [0.2, 0.25) is 5.95 Å². The van der Waals surface area contributed by atoms with Crippen LogP contribution >= 0.6 is 0 Å². The summed E-state index contributed by atoms with van der Waals surface area (Å²) >= 11 is 0. The molecular formula is C23H32N8O2. The molecule has 10 heteroatoms. The summed E-state index contributed by atoms with van der Waals surface area (Å²) in [5, 5.41) is 21.8. The fraction of sp³-hybridized carbons (Fsp3) is 0.565. The first-order chi connectivity index (χ1) is 16.0. The number of ketones is 1. The maximum Gasteiger partial charge on any atom is 0.246 e. The number of aliphatic hydroxyl groups excluding tert-OH is 1. The lowest BCUT2D eigenvalue weighted by atomic mass is 9.91. The molecule has 3 aromatic rings. The molecule has 2 aliphatic heterocycles. The predicted molar refractivity (Wildman–Crippen MR) is 126 cm³/mol. The molecule has 2 aliphatic rings. The highest BCUT2D eigenvalue weighted by Gasteiger charge is 2.38. The van der Waals surface area contributed by atoms with Gasteiger partial charge in [0, 0.05) is 37.8 Å². The summed E-state index contributed by atoms with van der Waals surface area (Å²) in [4.78, 5) is 24.3. The average molecular weight is 453 g/mol. The lowest BCUT2D eigenvalue weighted by molar-refractivity contribution is -0.121. The summed E-state index contributed by atoms with van der Waals surface area (Å²) < 4.78 is 3.77. The van der Waals surface area contributed by atoms with E-state index >= 15 is 0 Å². The number of Topliss-reactive ketones (excluding diaryl/α,β-unsaturated/α-hetero) is 1. The Morgan fingerprint density at radius 2 is 2.27 bits per heavy atom. The Balaban J connectivity index is 1.42. The van der Waals surface area contributed by atoms with E-state index in [1.54, 1.807) is 10.8 Å². The first-order valence-electron chi connectivity index (χ1n) is 11.8. The molecule has 33 heavy (non-hydrogen) atoms. The van der Waals surface area contributed by atoms with Crippen molar-refractivity contribution in [1.29, 1.82) is 0 Å². The summed E-state index contributed by atoms with van der Waals surface area (Å²) in [6.45, 7) is 6.43. The third-order valence-electron chi connectivity index (χ3n) is 6.62. The molecule has 0 aromatic carbocycles. The molecule has 0 aliphatic carbocycles. The molecule has 0 bridgehead atoms. The summed E-state index contributed by atoms with van der Waals surface area (Å²) in [5.41, 5.74) is 0.814. The van der Waals surface area contributed by atoms with Gasteiger partial charge in [0.1, 0.15) is 11.3 Å². The number of hydrogen-bond donors (Lipinski definition) is 3. The van der Waals surface area contributed by atoms with Gasteiger partial charge in [-0.15, -0.1) is 5.10 Å². The fourth-order valence-electron chi connectivity index (χ4n) is 4.80. The van der Waals surface area contributed by atoms with E-state index in [1.165, 1.54) is 0 Å². The van der Waals surface area contributed by atoms with Crippen LogP contribution in [0, 0.1) is 5.92 Å². The molecule has 3 atom stereocenters. The molecule has 2 saturated heterocycles. The van der Waals surface area contributed by atoms with Gasteiger partial charge in [0.25, 0.3) is 0 Å². The van der Waals surface area contributed by atoms with Crippen LogP contribution in [0.15, 0.2) is 30.9 Å². The van der Waals surface area contributed by atoms with Gasteiger partial charge in [0.05, 0.1) is 18.5 Å². The maximum atomic E-state index is 13.2. The van der Waals surface area contributed by atoms with Crippen LogP contribution in [-0.2, 0) is 4.79 Å². The average Bonchev–Trinajstić information content (AvgIpc) is 3.53. The van der Waals surface area contributed by atoms with E-state index in [2.05, 4.69) is 34.6 Å². The van der Waals surface area contributed by atoms with E-state index in [0.717, 1.165) is 31.4 Å². The summed E-state index contributed by atoms with van der Waals surface area (Å²) in [7, 11) is 0. The Morgan fingerprint density at radius 1 is 1.39 bits per heavy atom. The second-order valence-electron chi connectivity index (χ2n) is 9.46. The molecule has 0 radical (unpaired) electrons. The van der Waals surface area contributed by atoms with Crippen molar-refractivity contribution < 1.29 is 9.90 Å². The lowest BCUT2D eigenvalue weighted by Crippen LogP contribution is -2.40. The van der Waals surface area contributed by atoms with E-state index < -0.39 is 12.1 Å². The number of carbonyl (C=O) groups excluding carboxylic acids is 1. The Labute approximate surface area is 193 Å². The van der Waals surface area contributed by atoms with Crippen LogP contribution in [0.2, 0.25) is 0 Å². The molecule has 2 unspecified atom stereocenters. The zero-order valence-corrected chi connectivity index (χ0v) is 19.2. The van der Waals surface area contributed by atoms with Crippen molar-refractivity contribution in [3.8, 4) is 0 Å². The molecule has 3 N–H and O–H groups in total. The normalized spacial score (nSPS) is 23.5. The van der Waals surface area contributed by atoms with Crippen molar-refractivity contribution in [2.24, 2.45) is 5.92 Å². The van der Waals surface area contributed by atoms with Crippen molar-refractivity contribution in [3.63, 3.8) is 0 Å². The van der Waals surface area contributed by atoms with Crippen molar-refractivity contribution >= 4 is 28.9 Å². The number of fused-ring (bicyclic) bond motifs is 1. The minimum Gasteiger partial charge on any atom is -0.391 e. The number of β-amino-alcohol motifs (C(OH)–C–C–N with tert-alkyl or cyclic N) is 1. The maximum absolute atomic E-state index is 13.2. The van der Waals surface area contributed by atoms with Gasteiger partial charge in [-0.3, -0.25) is 4.79 Å². The molecular weight excluding hydrogens is 420 g/mol. The van der Waals surface area contributed by atoms with Crippen LogP contribution in [0.3, 0.4) is 0 Å². The van der Waals surface area contributed by atoms with Gasteiger partial charge in [-0.1, -0.05) is 0 Å². The fourth-order valence-corrected chi connectivity index (χ4v) is 4.80. The highest BCUT2D eigenvalue weighted by atomic mass is 16.3. The predicted octanol–water partition coefficient (Wildman–Crippen LogP) is 2.15. The van der Waals surface area contributed by atoms with Gasteiger partial charge < -0.3 is 25.2 Å². The van der Waals surface area contributed by atoms with Crippen LogP contribution in [0.1, 0.15) is 45.6 Å². The number of nitrogens with zero attached hydrogens (tertiary/aromatic N) is 6. The third kappa shape index (κ3) is 4.58. The molecule has 2 fully saturated rings. The van der Waals surface area contributed by atoms with Gasteiger partial charge in [-0.05, 0) is 57.8 Å². The van der Waals surface area contributed by atoms with Crippen LogP contribution in [0.5, 0.6) is 0 Å². The topological polar surface area (TPSA) is 113 Å². The highest BCUT2D eigenvalue weighted by Crippen LogP contribution is 2.29. The number of aromatic nitrogens is 5. The Kier molecular flexibility index (Phi) is 6.03. The number of carbonyl (C=O) groups is 1. The summed E-state index contributed by atoms with van der Waals surface area (Å²) in [5.74, 6) is 2.24. The van der Waals surface area contributed by atoms with Crippen LogP contribution in [0.4, 0.5) is 17.6 Å². The van der Waals surface area contributed by atoms with Gasteiger partial charge >= 0.3 is 0 Å². The Hall–Kier alpha value is -2.98. The molecule has 10 nitrogen and oxygen atoms in total. The first kappa shape index (κ1) is 21.8. The van der Waals surface area contributed by atoms with Gasteiger partial charge in [-0.2, -0.15) is 4.98 Å². The standard InChI is InChI=1S/C23H32N8O2/c1-15(2)29-13-21(25-14-29)26-22-18-6-4-8-31(18)28-23(27-22)30-12-17(32)10-19(30)20(33)9-16-5-3-7-24-11-16/h4,6,8,13-17,19,24,32H,3,5,7,9-12H2,1-2H3,(H,26,27,28)/t16?,17-,19?/m0/s1. The Bertz CT molecular complexity index is 1120. The molecule has 0 spiro atoms. The van der Waals surface area contributed by atoms with Gasteiger partial charge in [-0.25, -0.2) is 9.50 Å². The van der Waals surface area contributed by atoms with E-state index in [-0.39, 0.29) is 5.78 Å². The number of imidazole rings is 1. The molecule has 0 saturated carbocycles. The minimum atomic E-state index is -0.578. The Morgan fingerprint density at radius 3 is 3.03 bits per heavy atom. The van der Waals surface area contributed by atoms with Crippen LogP contribution in [-0.4, -0.2) is 66.8 Å². The number of nitrogens with one attached hydrogen (secondary N) is 2. The van der Waals surface area contributed by atoms with Crippen molar-refractivity contribution in [2.45, 2.75) is 57.7 Å². The van der Waals surface area contributed by atoms with Gasteiger partial charge in [0.15, 0.2) is 11.6 Å². The number of hydrogen-bond acceptors (Lipinski definition) is 8. The lowest BCUT2D eigenvalue weighted by Gasteiger charge is -2.27. The highest BCUT2D eigenvalue weighted by molar-refractivity contribution is 5.88. The van der Waals surface area contributed by atoms with E-state index in [9.17, 15) is 9.90 Å².